The summed E-state index contributed by atoms with van der Waals surface area (Å²) in [6.45, 7) is 10.2. The van der Waals surface area contributed by atoms with E-state index < -0.39 is 11.4 Å². The topological polar surface area (TPSA) is 160 Å². The monoisotopic (exact) mass is 695 g/mol. The highest BCUT2D eigenvalue weighted by Gasteiger charge is 2.40. The van der Waals surface area contributed by atoms with E-state index in [1.54, 1.807) is 13.1 Å². The molecule has 1 saturated heterocycles. The maximum absolute atomic E-state index is 11.8. The van der Waals surface area contributed by atoms with Gasteiger partial charge in [0.2, 0.25) is 5.89 Å². The van der Waals surface area contributed by atoms with Gasteiger partial charge in [-0.1, -0.05) is 24.3 Å². The third kappa shape index (κ3) is 6.72. The second kappa shape index (κ2) is 14.2. The van der Waals surface area contributed by atoms with Crippen molar-refractivity contribution < 1.29 is 19.4 Å². The number of nitriles is 1. The molecule has 1 aliphatic rings. The number of aliphatic carboxylic acids is 1. The minimum Gasteiger partial charge on any atom is -0.481 e. The van der Waals surface area contributed by atoms with Crippen LogP contribution in [0.2, 0.25) is 0 Å². The summed E-state index contributed by atoms with van der Waals surface area (Å²) >= 11 is 0. The van der Waals surface area contributed by atoms with Gasteiger partial charge >= 0.3 is 5.97 Å². The highest BCUT2D eigenvalue weighted by molar-refractivity contribution is 5.91. The van der Waals surface area contributed by atoms with Crippen LogP contribution in [0.4, 0.5) is 11.5 Å². The van der Waals surface area contributed by atoms with Crippen LogP contribution < -0.4 is 10.6 Å². The molecule has 0 amide bonds. The molecule has 3 aromatic carbocycles. The van der Waals surface area contributed by atoms with Gasteiger partial charge in [-0.25, -0.2) is 9.97 Å². The number of aliphatic hydroxyl groups is 1. The Kier molecular flexibility index (Phi) is 9.46. The molecule has 7 rings (SSSR count). The molecular weight excluding hydrogens is 654 g/mol. The molecule has 52 heavy (non-hydrogen) atoms. The molecule has 0 spiro atoms. The first-order chi connectivity index (χ1) is 25.1. The number of aromatic nitrogens is 3. The normalized spacial score (nSPS) is 16.7. The average Bonchev–Trinajstić information content (AvgIpc) is 3.75. The summed E-state index contributed by atoms with van der Waals surface area (Å²) in [5, 5.41) is 36.8. The Morgan fingerprint density at radius 1 is 1.06 bits per heavy atom. The second-order valence-electron chi connectivity index (χ2n) is 14.1. The Hall–Kier alpha value is -5.67. The van der Waals surface area contributed by atoms with Gasteiger partial charge in [0.1, 0.15) is 17.1 Å². The van der Waals surface area contributed by atoms with E-state index in [0.29, 0.717) is 61.0 Å². The van der Waals surface area contributed by atoms with Gasteiger partial charge < -0.3 is 25.3 Å². The SMILES string of the molecule is Cc1c(Nc2nccc3cc(CN[C@@H](C)CO)cnc23)cccc1-c1cccc(-c2nc3cc(CN4CC[C@@](C)(C(=O)O)C4)cc(C#N)c3o2)c1C. The predicted octanol–water partition coefficient (Wildman–Crippen LogP) is 7.10. The van der Waals surface area contributed by atoms with Crippen molar-refractivity contribution in [2.75, 3.05) is 25.0 Å². The number of fused-ring (bicyclic) bond motifs is 2. The summed E-state index contributed by atoms with van der Waals surface area (Å²) in [5.41, 5.74) is 9.15. The first-order valence-electron chi connectivity index (χ1n) is 17.4. The lowest BCUT2D eigenvalue weighted by Gasteiger charge is -2.20. The number of aliphatic hydroxyl groups excluding tert-OH is 1. The molecule has 4 heterocycles. The number of benzene rings is 3. The molecule has 0 saturated carbocycles. The van der Waals surface area contributed by atoms with Crippen LogP contribution in [-0.4, -0.2) is 61.8 Å². The van der Waals surface area contributed by atoms with Crippen molar-refractivity contribution in [2.24, 2.45) is 5.41 Å². The van der Waals surface area contributed by atoms with Crippen molar-refractivity contribution in [3.8, 4) is 28.7 Å². The molecule has 0 bridgehead atoms. The number of nitrogens with zero attached hydrogens (tertiary/aromatic N) is 5. The fraction of sp³-hybridized carbons (Fsp3) is 0.293. The van der Waals surface area contributed by atoms with E-state index in [1.807, 2.05) is 62.5 Å². The van der Waals surface area contributed by atoms with E-state index in [0.717, 1.165) is 55.5 Å². The zero-order valence-corrected chi connectivity index (χ0v) is 29.7. The number of anilines is 2. The van der Waals surface area contributed by atoms with E-state index in [-0.39, 0.29) is 12.6 Å². The highest BCUT2D eigenvalue weighted by atomic mass is 16.4. The fourth-order valence-corrected chi connectivity index (χ4v) is 7.00. The number of carboxylic acids is 1. The van der Waals surface area contributed by atoms with Crippen LogP contribution in [0.5, 0.6) is 0 Å². The van der Waals surface area contributed by atoms with Crippen LogP contribution in [0.25, 0.3) is 44.6 Å². The standard InChI is InChI=1S/C41H41N7O4/c1-24(22-49)44-19-28-16-29-11-13-43-38(36(29)45-20-28)46-34-10-6-8-32(26(34)3)31-7-5-9-33(25(31)2)39-47-35-17-27(15-30(18-42)37(35)52-39)21-48-14-12-41(4,23-48)40(50)51/h5-11,13,15-17,20,24,44,49H,12,14,19,21-23H2,1-4H3,(H,43,46)(H,50,51)/t24-,41+/m0/s1. The summed E-state index contributed by atoms with van der Waals surface area (Å²) in [7, 11) is 0. The molecule has 11 nitrogen and oxygen atoms in total. The number of nitrogens with one attached hydrogen (secondary N) is 2. The Morgan fingerprint density at radius 2 is 1.83 bits per heavy atom. The smallest absolute Gasteiger partial charge is 0.310 e. The Balaban J connectivity index is 1.17. The number of carboxylic acid groups (broad SMARTS) is 1. The van der Waals surface area contributed by atoms with Gasteiger partial charge in [0.15, 0.2) is 11.4 Å². The molecule has 1 fully saturated rings. The predicted molar refractivity (Wildman–Crippen MR) is 201 cm³/mol. The molecule has 11 heteroatoms. The second-order valence-corrected chi connectivity index (χ2v) is 14.1. The van der Waals surface area contributed by atoms with E-state index in [1.165, 1.54) is 0 Å². The fourth-order valence-electron chi connectivity index (χ4n) is 7.00. The van der Waals surface area contributed by atoms with Gasteiger partial charge in [-0.2, -0.15) is 5.26 Å². The lowest BCUT2D eigenvalue weighted by atomic mass is 9.90. The van der Waals surface area contributed by atoms with E-state index in [4.69, 9.17) is 14.4 Å². The maximum Gasteiger partial charge on any atom is 0.310 e. The molecule has 6 aromatic rings. The first kappa shape index (κ1) is 34.8. The average molecular weight is 696 g/mol. The van der Waals surface area contributed by atoms with Crippen LogP contribution in [0.1, 0.15) is 48.1 Å². The first-order valence-corrected chi connectivity index (χ1v) is 17.4. The number of carbonyl (C=O) groups is 1. The van der Waals surface area contributed by atoms with Crippen LogP contribution in [-0.2, 0) is 17.9 Å². The van der Waals surface area contributed by atoms with E-state index >= 15 is 0 Å². The van der Waals surface area contributed by atoms with Crippen LogP contribution in [0.3, 0.4) is 0 Å². The summed E-state index contributed by atoms with van der Waals surface area (Å²) < 4.78 is 6.28. The van der Waals surface area contributed by atoms with Crippen LogP contribution in [0.15, 0.2) is 77.5 Å². The highest BCUT2D eigenvalue weighted by Crippen LogP contribution is 2.38. The summed E-state index contributed by atoms with van der Waals surface area (Å²) in [4.78, 5) is 28.1. The maximum atomic E-state index is 11.8. The molecule has 1 aliphatic heterocycles. The number of hydrogen-bond donors (Lipinski definition) is 4. The number of oxazole rings is 1. The van der Waals surface area contributed by atoms with Crippen molar-refractivity contribution in [1.29, 1.82) is 5.26 Å². The third-order valence-electron chi connectivity index (χ3n) is 10.2. The van der Waals surface area contributed by atoms with Gasteiger partial charge in [0.05, 0.1) is 17.6 Å². The van der Waals surface area contributed by atoms with E-state index in [2.05, 4.69) is 51.7 Å². The lowest BCUT2D eigenvalue weighted by Crippen LogP contribution is -2.31. The molecule has 4 N–H and O–H groups in total. The van der Waals surface area contributed by atoms with Gasteiger partial charge in [-0.05, 0) is 110 Å². The number of rotatable bonds is 11. The molecule has 0 unspecified atom stereocenters. The largest absolute Gasteiger partial charge is 0.481 e. The summed E-state index contributed by atoms with van der Waals surface area (Å²) in [6.07, 6.45) is 4.19. The van der Waals surface area contributed by atoms with Gasteiger partial charge in [0.25, 0.3) is 0 Å². The Labute approximate surface area is 302 Å². The number of likely N-dealkylation sites (tertiary alicyclic amines) is 1. The lowest BCUT2D eigenvalue weighted by molar-refractivity contribution is -0.147. The Bertz CT molecular complexity index is 2360. The van der Waals surface area contributed by atoms with Crippen molar-refractivity contribution in [3.05, 3.63) is 101 Å². The van der Waals surface area contributed by atoms with Crippen molar-refractivity contribution in [1.82, 2.24) is 25.2 Å². The molecular formula is C41H41N7O4. The van der Waals surface area contributed by atoms with E-state index in [9.17, 15) is 20.3 Å². The minimum absolute atomic E-state index is 0.00345. The molecule has 0 radical (unpaired) electrons. The molecule has 264 valence electrons. The zero-order valence-electron chi connectivity index (χ0n) is 29.7. The summed E-state index contributed by atoms with van der Waals surface area (Å²) in [6, 6.07) is 22.2. The number of pyridine rings is 2. The quantitative estimate of drug-likeness (QED) is 0.109. The molecule has 2 atom stereocenters. The van der Waals surface area contributed by atoms with Crippen molar-refractivity contribution in [2.45, 2.75) is 53.2 Å². The number of hydrogen-bond acceptors (Lipinski definition) is 10. The van der Waals surface area contributed by atoms with Gasteiger partial charge in [-0.15, -0.1) is 0 Å². The van der Waals surface area contributed by atoms with Crippen LogP contribution in [0, 0.1) is 30.6 Å². The van der Waals surface area contributed by atoms with Crippen LogP contribution >= 0.6 is 0 Å². The third-order valence-corrected chi connectivity index (χ3v) is 10.2. The molecule has 3 aromatic heterocycles. The summed E-state index contributed by atoms with van der Waals surface area (Å²) in [5.74, 6) is 0.305. The molecule has 0 aliphatic carbocycles. The Morgan fingerprint density at radius 3 is 2.58 bits per heavy atom. The van der Waals surface area contributed by atoms with Crippen molar-refractivity contribution >= 4 is 39.5 Å². The van der Waals surface area contributed by atoms with Gasteiger partial charge in [0, 0.05) is 54.7 Å². The van der Waals surface area contributed by atoms with Gasteiger partial charge in [-0.3, -0.25) is 14.7 Å². The van der Waals surface area contributed by atoms with Crippen molar-refractivity contribution in [3.63, 3.8) is 0 Å². The minimum atomic E-state index is -0.785. The zero-order chi connectivity index (χ0) is 36.6.